The second-order valence-corrected chi connectivity index (χ2v) is 8.87. The van der Waals surface area contributed by atoms with Crippen molar-refractivity contribution >= 4 is 11.6 Å². The topological polar surface area (TPSA) is 82.7 Å². The first-order chi connectivity index (χ1) is 16.7. The van der Waals surface area contributed by atoms with E-state index in [-0.39, 0.29) is 6.61 Å². The fourth-order valence-corrected chi connectivity index (χ4v) is 4.26. The lowest BCUT2D eigenvalue weighted by Gasteiger charge is -2.12. The third-order valence-corrected chi connectivity index (χ3v) is 6.25. The van der Waals surface area contributed by atoms with E-state index in [1.54, 1.807) is 0 Å². The number of aliphatic hydroxyl groups is 2. The van der Waals surface area contributed by atoms with Crippen LogP contribution in [0.15, 0.2) is 36.4 Å². The second-order valence-electron chi connectivity index (χ2n) is 8.87. The Hall–Kier alpha value is -2.81. The number of allylic oxidation sites excluding steroid dienone is 1. The van der Waals surface area contributed by atoms with Crippen LogP contribution in [0, 0.1) is 11.3 Å². The maximum absolute atomic E-state index is 9.86. The number of nitriles is 1. The molecule has 0 bridgehead atoms. The fourth-order valence-electron chi connectivity index (χ4n) is 4.26. The van der Waals surface area contributed by atoms with Crippen molar-refractivity contribution in [1.29, 1.82) is 5.26 Å². The molecule has 5 heteroatoms. The summed E-state index contributed by atoms with van der Waals surface area (Å²) in [6.07, 6.45) is 13.1. The van der Waals surface area contributed by atoms with Crippen molar-refractivity contribution in [3.8, 4) is 17.6 Å². The van der Waals surface area contributed by atoms with E-state index in [1.807, 2.05) is 36.4 Å². The number of benzene rings is 2. The summed E-state index contributed by atoms with van der Waals surface area (Å²) in [5.41, 5.74) is 4.12. The summed E-state index contributed by atoms with van der Waals surface area (Å²) in [7, 11) is 0. The van der Waals surface area contributed by atoms with E-state index in [1.165, 1.54) is 37.7 Å². The summed E-state index contributed by atoms with van der Waals surface area (Å²) in [6.45, 7) is 1.51. The number of ether oxygens (including phenoxy) is 2. The van der Waals surface area contributed by atoms with Gasteiger partial charge in [0.15, 0.2) is 0 Å². The van der Waals surface area contributed by atoms with Crippen LogP contribution in [0.4, 0.5) is 0 Å². The monoisotopic (exact) mass is 463 g/mol. The van der Waals surface area contributed by atoms with Gasteiger partial charge in [0.05, 0.1) is 31.5 Å². The lowest BCUT2D eigenvalue weighted by Crippen LogP contribution is -2.01. The molecule has 2 aromatic carbocycles. The van der Waals surface area contributed by atoms with Gasteiger partial charge < -0.3 is 19.7 Å². The molecule has 0 saturated carbocycles. The van der Waals surface area contributed by atoms with Gasteiger partial charge in [0, 0.05) is 18.6 Å². The summed E-state index contributed by atoms with van der Waals surface area (Å²) in [4.78, 5) is 0. The molecule has 2 aromatic rings. The maximum Gasteiger partial charge on any atom is 0.124 e. The van der Waals surface area contributed by atoms with Gasteiger partial charge in [-0.3, -0.25) is 0 Å². The molecule has 0 spiro atoms. The third kappa shape index (κ3) is 7.90. The van der Waals surface area contributed by atoms with Crippen molar-refractivity contribution in [2.75, 3.05) is 19.8 Å². The van der Waals surface area contributed by atoms with E-state index in [4.69, 9.17) is 14.6 Å². The minimum absolute atomic E-state index is 0.134. The molecular weight excluding hydrogens is 426 g/mol. The number of hydrogen-bond donors (Lipinski definition) is 2. The lowest BCUT2D eigenvalue weighted by molar-refractivity contribution is 0.260. The van der Waals surface area contributed by atoms with E-state index >= 15 is 0 Å². The fraction of sp³-hybridized carbons (Fsp3) is 0.483. The average molecular weight is 464 g/mol. The predicted octanol–water partition coefficient (Wildman–Crippen LogP) is 6.06. The molecule has 5 nitrogen and oxygen atoms in total. The van der Waals surface area contributed by atoms with Gasteiger partial charge in [-0.1, -0.05) is 57.1 Å². The number of fused-ring (bicyclic) bond motifs is 1. The van der Waals surface area contributed by atoms with Crippen LogP contribution in [0.25, 0.3) is 11.6 Å². The Morgan fingerprint density at radius 1 is 0.941 bits per heavy atom. The zero-order valence-corrected chi connectivity index (χ0v) is 20.1. The van der Waals surface area contributed by atoms with Gasteiger partial charge in [0.2, 0.25) is 0 Å². The third-order valence-electron chi connectivity index (χ3n) is 6.25. The van der Waals surface area contributed by atoms with Gasteiger partial charge in [0.25, 0.3) is 0 Å². The quantitative estimate of drug-likeness (QED) is 0.191. The number of rotatable bonds is 15. The molecule has 182 valence electrons. The molecule has 3 rings (SSSR count). The van der Waals surface area contributed by atoms with Crippen LogP contribution in [0.2, 0.25) is 0 Å². The highest BCUT2D eigenvalue weighted by Crippen LogP contribution is 2.29. The first-order valence-electron chi connectivity index (χ1n) is 12.6. The van der Waals surface area contributed by atoms with Crippen LogP contribution in [-0.4, -0.2) is 30.0 Å². The van der Waals surface area contributed by atoms with Gasteiger partial charge in [0.1, 0.15) is 11.5 Å². The zero-order chi connectivity index (χ0) is 24.0. The second kappa shape index (κ2) is 14.5. The number of unbranched alkanes of at least 4 members (excludes halogenated alkanes) is 8. The average Bonchev–Trinajstić information content (AvgIpc) is 3.34. The molecule has 0 aromatic heterocycles. The highest BCUT2D eigenvalue weighted by atomic mass is 16.5. The Balaban J connectivity index is 1.47. The van der Waals surface area contributed by atoms with Gasteiger partial charge in [-0.2, -0.15) is 5.26 Å². The van der Waals surface area contributed by atoms with Crippen LogP contribution in [0.5, 0.6) is 11.5 Å². The molecule has 1 aliphatic rings. The summed E-state index contributed by atoms with van der Waals surface area (Å²) < 4.78 is 11.6. The van der Waals surface area contributed by atoms with E-state index in [0.29, 0.717) is 36.7 Å². The number of aliphatic hydroxyl groups excluding tert-OH is 2. The van der Waals surface area contributed by atoms with E-state index in [9.17, 15) is 10.4 Å². The summed E-state index contributed by atoms with van der Waals surface area (Å²) in [5.74, 6) is 1.57. The summed E-state index contributed by atoms with van der Waals surface area (Å²) in [6, 6.07) is 13.9. The molecule has 0 amide bonds. The van der Waals surface area contributed by atoms with E-state index < -0.39 is 0 Å². The zero-order valence-electron chi connectivity index (χ0n) is 20.1. The van der Waals surface area contributed by atoms with E-state index in [2.05, 4.69) is 12.1 Å². The summed E-state index contributed by atoms with van der Waals surface area (Å²) >= 11 is 0. The first-order valence-corrected chi connectivity index (χ1v) is 12.6. The molecule has 0 saturated heterocycles. The molecule has 0 aliphatic carbocycles. The van der Waals surface area contributed by atoms with Crippen molar-refractivity contribution in [2.24, 2.45) is 0 Å². The van der Waals surface area contributed by atoms with Crippen molar-refractivity contribution in [3.63, 3.8) is 0 Å². The van der Waals surface area contributed by atoms with E-state index in [0.717, 1.165) is 49.0 Å². The minimum Gasteiger partial charge on any atom is -0.493 e. The molecule has 0 unspecified atom stereocenters. The number of nitrogens with zero attached hydrogens (tertiary/aromatic N) is 1. The van der Waals surface area contributed by atoms with Gasteiger partial charge in [-0.25, -0.2) is 0 Å². The smallest absolute Gasteiger partial charge is 0.124 e. The predicted molar refractivity (Wildman–Crippen MR) is 136 cm³/mol. The lowest BCUT2D eigenvalue weighted by atomic mass is 10.0. The van der Waals surface area contributed by atoms with Crippen molar-refractivity contribution in [2.45, 2.75) is 70.8 Å². The number of hydrogen-bond acceptors (Lipinski definition) is 5. The Kier molecular flexibility index (Phi) is 11.0. The summed E-state index contributed by atoms with van der Waals surface area (Å²) in [5, 5.41) is 28.4. The molecule has 34 heavy (non-hydrogen) atoms. The molecule has 1 aliphatic heterocycles. The van der Waals surface area contributed by atoms with Crippen LogP contribution >= 0.6 is 0 Å². The van der Waals surface area contributed by atoms with Crippen LogP contribution in [0.3, 0.4) is 0 Å². The van der Waals surface area contributed by atoms with Crippen molar-refractivity contribution in [1.82, 2.24) is 0 Å². The SMILES string of the molecule is N#CC(=Cc1ccc2c(c1)OCC2)c1ccc(OCCCCCCCCCCCO)c(CO)c1. The highest BCUT2D eigenvalue weighted by Gasteiger charge is 2.13. The molecule has 1 heterocycles. The molecule has 0 radical (unpaired) electrons. The normalized spacial score (nSPS) is 12.8. The molecular formula is C29H37NO4. The Labute approximate surface area is 203 Å². The first kappa shape index (κ1) is 25.8. The van der Waals surface area contributed by atoms with Crippen LogP contribution < -0.4 is 9.47 Å². The standard InChI is InChI=1S/C29H37NO4/c30-21-26(18-23-10-11-24-14-17-34-29(24)19-23)25-12-13-28(27(20-25)22-32)33-16-9-7-5-3-1-2-4-6-8-15-31/h10-13,18-20,31-32H,1-9,14-17,22H2. The highest BCUT2D eigenvalue weighted by molar-refractivity contribution is 5.90. The van der Waals surface area contributed by atoms with Crippen LogP contribution in [0.1, 0.15) is 80.0 Å². The Morgan fingerprint density at radius 2 is 1.68 bits per heavy atom. The molecule has 2 N–H and O–H groups in total. The van der Waals surface area contributed by atoms with Gasteiger partial charge in [-0.05, 0) is 59.9 Å². The van der Waals surface area contributed by atoms with Crippen molar-refractivity contribution in [3.05, 3.63) is 58.7 Å². The maximum atomic E-state index is 9.86. The minimum atomic E-state index is -0.134. The van der Waals surface area contributed by atoms with Gasteiger partial charge in [-0.15, -0.1) is 0 Å². The van der Waals surface area contributed by atoms with Crippen LogP contribution in [-0.2, 0) is 13.0 Å². The van der Waals surface area contributed by atoms with Crippen molar-refractivity contribution < 1.29 is 19.7 Å². The molecule has 0 atom stereocenters. The Bertz CT molecular complexity index is 977. The largest absolute Gasteiger partial charge is 0.493 e. The Morgan fingerprint density at radius 3 is 2.38 bits per heavy atom. The molecule has 0 fully saturated rings. The van der Waals surface area contributed by atoms with Gasteiger partial charge >= 0.3 is 0 Å².